The lowest BCUT2D eigenvalue weighted by Gasteiger charge is -2.08. The minimum Gasteiger partial charge on any atom is -0.347 e. The maximum atomic E-state index is 12.5. The van der Waals surface area contributed by atoms with Crippen molar-refractivity contribution in [2.45, 2.75) is 26.8 Å². The van der Waals surface area contributed by atoms with E-state index in [1.165, 1.54) is 17.8 Å². The number of carbonyl (C=O) groups excluding carboxylic acids is 2. The highest BCUT2D eigenvalue weighted by Gasteiger charge is 2.12. The average Bonchev–Trinajstić information content (AvgIpc) is 2.72. The quantitative estimate of drug-likeness (QED) is 0.682. The van der Waals surface area contributed by atoms with Crippen molar-refractivity contribution in [2.75, 3.05) is 5.32 Å². The van der Waals surface area contributed by atoms with Crippen molar-refractivity contribution in [1.82, 2.24) is 10.3 Å². The third-order valence-electron chi connectivity index (χ3n) is 4.41. The van der Waals surface area contributed by atoms with Crippen LogP contribution >= 0.6 is 0 Å². The molecule has 0 radical (unpaired) electrons. The molecule has 5 nitrogen and oxygen atoms in total. The zero-order valence-corrected chi connectivity index (χ0v) is 16.0. The number of anilines is 1. The highest BCUT2D eigenvalue weighted by molar-refractivity contribution is 6.05. The van der Waals surface area contributed by atoms with Crippen LogP contribution in [0.2, 0.25) is 0 Å². The van der Waals surface area contributed by atoms with Crippen LogP contribution in [0.15, 0.2) is 66.9 Å². The highest BCUT2D eigenvalue weighted by Crippen LogP contribution is 2.12. The van der Waals surface area contributed by atoms with Gasteiger partial charge in [-0.25, -0.2) is 0 Å². The number of hydrogen-bond acceptors (Lipinski definition) is 3. The topological polar surface area (TPSA) is 71.1 Å². The van der Waals surface area contributed by atoms with Crippen LogP contribution in [0.1, 0.15) is 44.5 Å². The summed E-state index contributed by atoms with van der Waals surface area (Å²) in [6.07, 6.45) is 2.41. The van der Waals surface area contributed by atoms with Gasteiger partial charge in [0, 0.05) is 24.0 Å². The number of hydrogen-bond donors (Lipinski definition) is 2. The van der Waals surface area contributed by atoms with Crippen LogP contribution in [-0.4, -0.2) is 16.8 Å². The second kappa shape index (κ2) is 8.95. The number of aromatic nitrogens is 1. The number of pyridine rings is 1. The van der Waals surface area contributed by atoms with E-state index in [9.17, 15) is 9.59 Å². The average molecular weight is 373 g/mol. The summed E-state index contributed by atoms with van der Waals surface area (Å²) in [5, 5.41) is 5.68. The van der Waals surface area contributed by atoms with Gasteiger partial charge in [0.25, 0.3) is 11.8 Å². The fourth-order valence-electron chi connectivity index (χ4n) is 2.82. The molecule has 3 rings (SSSR count). The number of rotatable bonds is 6. The maximum Gasteiger partial charge on any atom is 0.270 e. The molecule has 2 amide bonds. The number of carbonyl (C=O) groups is 2. The zero-order valence-electron chi connectivity index (χ0n) is 16.0. The van der Waals surface area contributed by atoms with Crippen molar-refractivity contribution in [3.63, 3.8) is 0 Å². The normalized spacial score (nSPS) is 10.4. The van der Waals surface area contributed by atoms with Crippen molar-refractivity contribution >= 4 is 17.5 Å². The van der Waals surface area contributed by atoms with E-state index < -0.39 is 0 Å². The van der Waals surface area contributed by atoms with Crippen LogP contribution in [0, 0.1) is 6.92 Å². The van der Waals surface area contributed by atoms with Gasteiger partial charge in [0.2, 0.25) is 0 Å². The summed E-state index contributed by atoms with van der Waals surface area (Å²) in [5.74, 6) is -0.595. The molecule has 2 aromatic carbocycles. The largest absolute Gasteiger partial charge is 0.347 e. The fraction of sp³-hybridized carbons (Fsp3) is 0.174. The van der Waals surface area contributed by atoms with Crippen LogP contribution in [0.25, 0.3) is 0 Å². The van der Waals surface area contributed by atoms with Gasteiger partial charge in [0.1, 0.15) is 5.69 Å². The van der Waals surface area contributed by atoms with Gasteiger partial charge < -0.3 is 10.6 Å². The Kier molecular flexibility index (Phi) is 6.17. The Balaban J connectivity index is 1.65. The third kappa shape index (κ3) is 5.04. The Morgan fingerprint density at radius 1 is 0.929 bits per heavy atom. The molecule has 1 aromatic heterocycles. The summed E-state index contributed by atoms with van der Waals surface area (Å²) < 4.78 is 0. The van der Waals surface area contributed by atoms with Gasteiger partial charge in [0.15, 0.2) is 0 Å². The molecule has 0 aliphatic carbocycles. The molecule has 2 N–H and O–H groups in total. The molecule has 0 saturated heterocycles. The van der Waals surface area contributed by atoms with E-state index in [2.05, 4.69) is 22.5 Å². The van der Waals surface area contributed by atoms with Gasteiger partial charge in [-0.3, -0.25) is 14.6 Å². The molecule has 0 atom stereocenters. The Bertz CT molecular complexity index is 981. The Morgan fingerprint density at radius 3 is 2.43 bits per heavy atom. The van der Waals surface area contributed by atoms with E-state index in [1.807, 2.05) is 55.5 Å². The molecule has 1 heterocycles. The van der Waals surface area contributed by atoms with Gasteiger partial charge in [-0.2, -0.15) is 0 Å². The number of amides is 2. The molecule has 0 spiro atoms. The first-order valence-corrected chi connectivity index (χ1v) is 9.25. The van der Waals surface area contributed by atoms with Gasteiger partial charge >= 0.3 is 0 Å². The summed E-state index contributed by atoms with van der Waals surface area (Å²) in [6, 6.07) is 18.7. The first-order valence-electron chi connectivity index (χ1n) is 9.25. The van der Waals surface area contributed by atoms with E-state index in [4.69, 9.17) is 0 Å². The predicted molar refractivity (Wildman–Crippen MR) is 110 cm³/mol. The molecule has 0 bridgehead atoms. The molecule has 0 fully saturated rings. The monoisotopic (exact) mass is 373 g/mol. The molecule has 3 aromatic rings. The van der Waals surface area contributed by atoms with Gasteiger partial charge in [-0.15, -0.1) is 0 Å². The van der Waals surface area contributed by atoms with E-state index in [1.54, 1.807) is 6.07 Å². The molecule has 0 aliphatic heterocycles. The van der Waals surface area contributed by atoms with Crippen molar-refractivity contribution in [3.05, 3.63) is 94.8 Å². The summed E-state index contributed by atoms with van der Waals surface area (Å²) in [7, 11) is 0. The number of aryl methyl sites for hydroxylation is 2. The molecule has 0 saturated carbocycles. The first kappa shape index (κ1) is 19.3. The molecule has 0 aliphatic rings. The van der Waals surface area contributed by atoms with Crippen molar-refractivity contribution < 1.29 is 9.59 Å². The lowest BCUT2D eigenvalue weighted by Crippen LogP contribution is -2.24. The molecular weight excluding hydrogens is 350 g/mol. The summed E-state index contributed by atoms with van der Waals surface area (Å²) >= 11 is 0. The predicted octanol–water partition coefficient (Wildman–Crippen LogP) is 4.13. The second-order valence-electron chi connectivity index (χ2n) is 6.61. The van der Waals surface area contributed by atoms with Crippen molar-refractivity contribution in [2.24, 2.45) is 0 Å². The standard InChI is InChI=1S/C23H23N3O2/c1-3-17-7-9-20(10-8-17)26-22(27)19-11-12-24-21(14-19)23(28)25-15-18-6-4-5-16(2)13-18/h4-14H,3,15H2,1-2H3,(H,25,28)(H,26,27). The molecule has 28 heavy (non-hydrogen) atoms. The van der Waals surface area contributed by atoms with Crippen molar-refractivity contribution in [1.29, 1.82) is 0 Å². The molecule has 5 heteroatoms. The van der Waals surface area contributed by atoms with Crippen LogP contribution in [0.4, 0.5) is 5.69 Å². The van der Waals surface area contributed by atoms with Crippen LogP contribution < -0.4 is 10.6 Å². The van der Waals surface area contributed by atoms with Crippen LogP contribution in [-0.2, 0) is 13.0 Å². The van der Waals surface area contributed by atoms with Crippen LogP contribution in [0.3, 0.4) is 0 Å². The van der Waals surface area contributed by atoms with E-state index >= 15 is 0 Å². The number of nitrogens with zero attached hydrogens (tertiary/aromatic N) is 1. The lowest BCUT2D eigenvalue weighted by atomic mass is 10.1. The second-order valence-corrected chi connectivity index (χ2v) is 6.61. The summed E-state index contributed by atoms with van der Waals surface area (Å²) in [6.45, 7) is 4.49. The van der Waals surface area contributed by atoms with Gasteiger partial charge in [0.05, 0.1) is 0 Å². The van der Waals surface area contributed by atoms with E-state index in [0.29, 0.717) is 17.8 Å². The Hall–Kier alpha value is -3.47. The van der Waals surface area contributed by atoms with E-state index in [-0.39, 0.29) is 17.5 Å². The highest BCUT2D eigenvalue weighted by atomic mass is 16.2. The smallest absolute Gasteiger partial charge is 0.270 e. The molecule has 0 unspecified atom stereocenters. The first-order chi connectivity index (χ1) is 13.5. The Labute approximate surface area is 164 Å². The van der Waals surface area contributed by atoms with Gasteiger partial charge in [-0.1, -0.05) is 48.9 Å². The minimum atomic E-state index is -0.316. The molecular formula is C23H23N3O2. The summed E-state index contributed by atoms with van der Waals surface area (Å²) in [4.78, 5) is 29.0. The number of nitrogens with one attached hydrogen (secondary N) is 2. The summed E-state index contributed by atoms with van der Waals surface area (Å²) in [5.41, 5.74) is 4.66. The Morgan fingerprint density at radius 2 is 1.71 bits per heavy atom. The minimum absolute atomic E-state index is 0.210. The number of benzene rings is 2. The maximum absolute atomic E-state index is 12.5. The zero-order chi connectivity index (χ0) is 19.9. The van der Waals surface area contributed by atoms with E-state index in [0.717, 1.165) is 17.5 Å². The van der Waals surface area contributed by atoms with Gasteiger partial charge in [-0.05, 0) is 48.7 Å². The van der Waals surface area contributed by atoms with Crippen molar-refractivity contribution in [3.8, 4) is 0 Å². The third-order valence-corrected chi connectivity index (χ3v) is 4.41. The SMILES string of the molecule is CCc1ccc(NC(=O)c2ccnc(C(=O)NCc3cccc(C)c3)c2)cc1. The van der Waals surface area contributed by atoms with Crippen LogP contribution in [0.5, 0.6) is 0 Å². The fourth-order valence-corrected chi connectivity index (χ4v) is 2.82. The molecule has 142 valence electrons. The lowest BCUT2D eigenvalue weighted by molar-refractivity contribution is 0.0946.